The van der Waals surface area contributed by atoms with E-state index in [1.165, 1.54) is 0 Å². The Labute approximate surface area is 111 Å². The van der Waals surface area contributed by atoms with Crippen LogP contribution >= 0.6 is 12.4 Å². The van der Waals surface area contributed by atoms with E-state index in [9.17, 15) is 4.79 Å². The summed E-state index contributed by atoms with van der Waals surface area (Å²) in [5, 5.41) is 0. The summed E-state index contributed by atoms with van der Waals surface area (Å²) >= 11 is 0. The van der Waals surface area contributed by atoms with Gasteiger partial charge in [-0.05, 0) is 38.0 Å². The predicted octanol–water partition coefficient (Wildman–Crippen LogP) is 2.93. The molecule has 0 heterocycles. The van der Waals surface area contributed by atoms with Crippen molar-refractivity contribution in [2.75, 3.05) is 6.61 Å². The van der Waals surface area contributed by atoms with Crippen molar-refractivity contribution in [3.63, 3.8) is 0 Å². The van der Waals surface area contributed by atoms with Gasteiger partial charge in [0, 0.05) is 0 Å². The van der Waals surface area contributed by atoms with Crippen LogP contribution in [0.2, 0.25) is 0 Å². The molecule has 102 valence electrons. The zero-order valence-corrected chi connectivity index (χ0v) is 12.0. The normalized spacial score (nSPS) is 15.3. The highest BCUT2D eigenvalue weighted by Crippen LogP contribution is 2.19. The molecule has 0 aromatic rings. The molecule has 0 radical (unpaired) electrons. The molecule has 17 heavy (non-hydrogen) atoms. The van der Waals surface area contributed by atoms with Crippen molar-refractivity contribution in [1.29, 1.82) is 0 Å². The second-order valence-corrected chi connectivity index (χ2v) is 4.46. The van der Waals surface area contributed by atoms with E-state index in [2.05, 4.69) is 13.5 Å². The first kappa shape index (κ1) is 18.8. The largest absolute Gasteiger partial charge is 0.465 e. The van der Waals surface area contributed by atoms with Crippen molar-refractivity contribution < 1.29 is 9.53 Å². The molecule has 3 atom stereocenters. The Hall–Kier alpha value is -0.540. The summed E-state index contributed by atoms with van der Waals surface area (Å²) in [6.07, 6.45) is 4.99. The number of rotatable bonds is 8. The lowest BCUT2D eigenvalue weighted by Gasteiger charge is -2.21. The van der Waals surface area contributed by atoms with E-state index in [0.29, 0.717) is 12.5 Å². The maximum atomic E-state index is 11.4. The van der Waals surface area contributed by atoms with E-state index in [1.54, 1.807) is 6.92 Å². The van der Waals surface area contributed by atoms with Gasteiger partial charge in [0.25, 0.3) is 0 Å². The number of allylic oxidation sites excluding steroid dienone is 1. The van der Waals surface area contributed by atoms with Gasteiger partial charge in [-0.15, -0.1) is 19.0 Å². The number of carbonyl (C=O) groups is 1. The Balaban J connectivity index is 0. The Morgan fingerprint density at radius 1 is 1.47 bits per heavy atom. The average Bonchev–Trinajstić information content (AvgIpc) is 2.25. The summed E-state index contributed by atoms with van der Waals surface area (Å²) in [6, 6.07) is -0.494. The summed E-state index contributed by atoms with van der Waals surface area (Å²) in [5.41, 5.74) is 5.83. The molecule has 0 aliphatic rings. The van der Waals surface area contributed by atoms with E-state index >= 15 is 0 Å². The molecule has 2 N–H and O–H groups in total. The predicted molar refractivity (Wildman–Crippen MR) is 74.2 cm³/mol. The summed E-state index contributed by atoms with van der Waals surface area (Å²) in [6.45, 7) is 10.1. The molecular formula is C13H26ClNO2. The van der Waals surface area contributed by atoms with E-state index in [1.807, 2.05) is 13.0 Å². The van der Waals surface area contributed by atoms with Gasteiger partial charge in [0.05, 0.1) is 6.61 Å². The second-order valence-electron chi connectivity index (χ2n) is 4.46. The van der Waals surface area contributed by atoms with Crippen molar-refractivity contribution in [2.45, 2.75) is 46.1 Å². The number of hydrogen-bond acceptors (Lipinski definition) is 3. The first-order chi connectivity index (χ1) is 7.52. The minimum absolute atomic E-state index is 0. The first-order valence-corrected chi connectivity index (χ1v) is 6.06. The lowest BCUT2D eigenvalue weighted by molar-refractivity contribution is -0.146. The van der Waals surface area contributed by atoms with Gasteiger partial charge < -0.3 is 10.5 Å². The fourth-order valence-corrected chi connectivity index (χ4v) is 1.77. The van der Waals surface area contributed by atoms with Crippen LogP contribution in [-0.2, 0) is 9.53 Å². The Kier molecular flexibility index (Phi) is 11.7. The molecule has 3 nitrogen and oxygen atoms in total. The van der Waals surface area contributed by atoms with Gasteiger partial charge >= 0.3 is 5.97 Å². The van der Waals surface area contributed by atoms with Crippen molar-refractivity contribution in [1.82, 2.24) is 0 Å². The zero-order chi connectivity index (χ0) is 12.6. The summed E-state index contributed by atoms with van der Waals surface area (Å²) < 4.78 is 4.91. The highest BCUT2D eigenvalue weighted by atomic mass is 35.5. The molecule has 0 aromatic carbocycles. The van der Waals surface area contributed by atoms with Gasteiger partial charge in [-0.3, -0.25) is 4.79 Å². The third-order valence-corrected chi connectivity index (χ3v) is 2.81. The first-order valence-electron chi connectivity index (χ1n) is 6.06. The second kappa shape index (κ2) is 10.6. The lowest BCUT2D eigenvalue weighted by Crippen LogP contribution is -2.38. The molecule has 0 unspecified atom stereocenters. The van der Waals surface area contributed by atoms with Crippen LogP contribution in [0.3, 0.4) is 0 Å². The smallest absolute Gasteiger partial charge is 0.323 e. The summed E-state index contributed by atoms with van der Waals surface area (Å²) in [5.74, 6) is 0.443. The molecule has 0 saturated heterocycles. The number of ether oxygens (including phenoxy) is 1. The standard InChI is InChI=1S/C13H25NO2.ClH/c1-5-7-8-10(3)9-11(4)12(14)13(15)16-6-2;/h5,10-12H,1,6-9,14H2,2-4H3;1H/t10-,11-,12-;/m1./s1. The van der Waals surface area contributed by atoms with Crippen molar-refractivity contribution in [3.05, 3.63) is 12.7 Å². The highest BCUT2D eigenvalue weighted by molar-refractivity contribution is 5.85. The van der Waals surface area contributed by atoms with Crippen LogP contribution in [0.25, 0.3) is 0 Å². The monoisotopic (exact) mass is 263 g/mol. The Bertz CT molecular complexity index is 221. The average molecular weight is 264 g/mol. The van der Waals surface area contributed by atoms with E-state index < -0.39 is 6.04 Å². The van der Waals surface area contributed by atoms with E-state index in [0.717, 1.165) is 19.3 Å². The fraction of sp³-hybridized carbons (Fsp3) is 0.769. The molecular weight excluding hydrogens is 238 g/mol. The quantitative estimate of drug-likeness (QED) is 0.541. The molecule has 0 saturated carbocycles. The van der Waals surface area contributed by atoms with Gasteiger partial charge in [-0.25, -0.2) is 0 Å². The number of halogens is 1. The Morgan fingerprint density at radius 3 is 2.53 bits per heavy atom. The SMILES string of the molecule is C=CCC[C@@H](C)C[C@@H](C)[C@@H](N)C(=O)OCC.Cl. The van der Waals surface area contributed by atoms with Gasteiger partial charge in [0.2, 0.25) is 0 Å². The van der Waals surface area contributed by atoms with Gasteiger partial charge in [-0.2, -0.15) is 0 Å². The van der Waals surface area contributed by atoms with Crippen molar-refractivity contribution >= 4 is 18.4 Å². The molecule has 0 rings (SSSR count). The van der Waals surface area contributed by atoms with Crippen LogP contribution in [-0.4, -0.2) is 18.6 Å². The maximum absolute atomic E-state index is 11.4. The topological polar surface area (TPSA) is 52.3 Å². The zero-order valence-electron chi connectivity index (χ0n) is 11.1. The van der Waals surface area contributed by atoms with Crippen LogP contribution in [0.5, 0.6) is 0 Å². The van der Waals surface area contributed by atoms with Crippen LogP contribution in [0.1, 0.15) is 40.0 Å². The maximum Gasteiger partial charge on any atom is 0.323 e. The molecule has 0 fully saturated rings. The number of nitrogens with two attached hydrogens (primary N) is 1. The molecule has 0 bridgehead atoms. The lowest BCUT2D eigenvalue weighted by atomic mass is 9.89. The molecule has 0 aliphatic carbocycles. The third kappa shape index (κ3) is 8.22. The van der Waals surface area contributed by atoms with Crippen LogP contribution in [0.4, 0.5) is 0 Å². The number of esters is 1. The van der Waals surface area contributed by atoms with Crippen molar-refractivity contribution in [3.8, 4) is 0 Å². The minimum atomic E-state index is -0.494. The fourth-order valence-electron chi connectivity index (χ4n) is 1.77. The van der Waals surface area contributed by atoms with E-state index in [-0.39, 0.29) is 24.3 Å². The van der Waals surface area contributed by atoms with Crippen LogP contribution in [0, 0.1) is 11.8 Å². The summed E-state index contributed by atoms with van der Waals surface area (Å²) in [7, 11) is 0. The van der Waals surface area contributed by atoms with Gasteiger partial charge in [0.1, 0.15) is 6.04 Å². The van der Waals surface area contributed by atoms with Crippen molar-refractivity contribution in [2.24, 2.45) is 17.6 Å². The number of hydrogen-bond donors (Lipinski definition) is 1. The summed E-state index contributed by atoms with van der Waals surface area (Å²) in [4.78, 5) is 11.4. The highest BCUT2D eigenvalue weighted by Gasteiger charge is 2.23. The number of carbonyl (C=O) groups excluding carboxylic acids is 1. The van der Waals surface area contributed by atoms with Crippen LogP contribution < -0.4 is 5.73 Å². The van der Waals surface area contributed by atoms with Gasteiger partial charge in [0.15, 0.2) is 0 Å². The third-order valence-electron chi connectivity index (χ3n) is 2.81. The Morgan fingerprint density at radius 2 is 2.06 bits per heavy atom. The molecule has 0 spiro atoms. The van der Waals surface area contributed by atoms with Crippen LogP contribution in [0.15, 0.2) is 12.7 Å². The molecule has 0 amide bonds. The van der Waals surface area contributed by atoms with E-state index in [4.69, 9.17) is 10.5 Å². The van der Waals surface area contributed by atoms with Gasteiger partial charge in [-0.1, -0.05) is 19.9 Å². The molecule has 4 heteroatoms. The molecule has 0 aromatic heterocycles. The minimum Gasteiger partial charge on any atom is -0.465 e. The molecule has 0 aliphatic heterocycles.